The zero-order chi connectivity index (χ0) is 18.6. The fourth-order valence-corrected chi connectivity index (χ4v) is 2.73. The molecule has 0 aliphatic carbocycles. The number of nitrogens with two attached hydrogens (primary N) is 1. The molecule has 0 aromatic rings. The van der Waals surface area contributed by atoms with Crippen LogP contribution >= 0.6 is 0 Å². The molecule has 0 bridgehead atoms. The predicted molar refractivity (Wildman–Crippen MR) is 106 cm³/mol. The van der Waals surface area contributed by atoms with Gasteiger partial charge in [0.15, 0.2) is 0 Å². The molecule has 0 aliphatic rings. The lowest BCUT2D eigenvalue weighted by Crippen LogP contribution is -2.42. The van der Waals surface area contributed by atoms with Gasteiger partial charge in [0.25, 0.3) is 0 Å². The molecule has 0 atom stereocenters. The van der Waals surface area contributed by atoms with Crippen LogP contribution in [0, 0.1) is 0 Å². The highest BCUT2D eigenvalue weighted by molar-refractivity contribution is 5.92. The minimum Gasteiger partial charge on any atom is -0.351 e. The van der Waals surface area contributed by atoms with E-state index < -0.39 is 12.1 Å². The Hall–Kier alpha value is -1.52. The number of amides is 4. The van der Waals surface area contributed by atoms with Crippen LogP contribution in [0.15, 0.2) is 12.2 Å². The third-order valence-corrected chi connectivity index (χ3v) is 4.21. The summed E-state index contributed by atoms with van der Waals surface area (Å²) in [6, 6.07) is -1.33. The molecule has 0 aliphatic heterocycles. The molecule has 0 fully saturated rings. The Kier molecular flexibility index (Phi) is 17.7. The van der Waals surface area contributed by atoms with Crippen LogP contribution in [0.1, 0.15) is 96.8 Å². The fourth-order valence-electron chi connectivity index (χ4n) is 2.73. The molecule has 146 valence electrons. The molecule has 0 saturated heterocycles. The number of primary amides is 1. The first-order valence-corrected chi connectivity index (χ1v) is 10.2. The van der Waals surface area contributed by atoms with Crippen molar-refractivity contribution >= 4 is 12.1 Å². The number of nitrogens with one attached hydrogen (secondary N) is 2. The van der Waals surface area contributed by atoms with Gasteiger partial charge in [0.05, 0.1) is 0 Å². The van der Waals surface area contributed by atoms with Crippen molar-refractivity contribution in [1.29, 1.82) is 0 Å². The quantitative estimate of drug-likeness (QED) is 0.256. The second kappa shape index (κ2) is 18.8. The van der Waals surface area contributed by atoms with Gasteiger partial charge in [-0.1, -0.05) is 76.9 Å². The summed E-state index contributed by atoms with van der Waals surface area (Å²) >= 11 is 0. The van der Waals surface area contributed by atoms with Crippen LogP contribution in [0.3, 0.4) is 0 Å². The van der Waals surface area contributed by atoms with Crippen molar-refractivity contribution in [2.75, 3.05) is 6.54 Å². The van der Waals surface area contributed by atoms with Gasteiger partial charge in [-0.3, -0.25) is 5.32 Å². The first-order valence-electron chi connectivity index (χ1n) is 10.2. The molecule has 0 unspecified atom stereocenters. The summed E-state index contributed by atoms with van der Waals surface area (Å²) in [7, 11) is 0. The third-order valence-electron chi connectivity index (χ3n) is 4.21. The number of hydrogen-bond donors (Lipinski definition) is 3. The maximum Gasteiger partial charge on any atom is 0.322 e. The van der Waals surface area contributed by atoms with E-state index in [-0.39, 0.29) is 0 Å². The number of urea groups is 2. The highest BCUT2D eigenvalue weighted by Crippen LogP contribution is 2.09. The van der Waals surface area contributed by atoms with Crippen molar-refractivity contribution in [2.24, 2.45) is 5.73 Å². The van der Waals surface area contributed by atoms with Gasteiger partial charge in [-0.15, -0.1) is 0 Å². The molecule has 0 radical (unpaired) electrons. The van der Waals surface area contributed by atoms with Gasteiger partial charge >= 0.3 is 12.1 Å². The maximum absolute atomic E-state index is 11.1. The fraction of sp³-hybridized carbons (Fsp3) is 0.800. The Morgan fingerprint density at radius 3 is 1.76 bits per heavy atom. The van der Waals surface area contributed by atoms with Gasteiger partial charge in [-0.25, -0.2) is 9.59 Å². The molecular formula is C20H39N3O2. The van der Waals surface area contributed by atoms with Gasteiger partial charge < -0.3 is 11.1 Å². The molecule has 5 nitrogen and oxygen atoms in total. The second-order valence-corrected chi connectivity index (χ2v) is 6.68. The van der Waals surface area contributed by atoms with Gasteiger partial charge in [0.1, 0.15) is 0 Å². The number of unbranched alkanes of at least 4 members (excludes halogenated alkanes) is 12. The Morgan fingerprint density at radius 1 is 0.760 bits per heavy atom. The number of allylic oxidation sites excluding steroid dienone is 2. The molecule has 0 rings (SSSR count). The van der Waals surface area contributed by atoms with Gasteiger partial charge in [-0.05, 0) is 32.1 Å². The molecule has 0 heterocycles. The molecule has 0 aromatic carbocycles. The Bertz CT molecular complexity index is 357. The molecular weight excluding hydrogens is 314 g/mol. The van der Waals surface area contributed by atoms with Crippen LogP contribution in [0.2, 0.25) is 0 Å². The number of hydrogen-bond acceptors (Lipinski definition) is 2. The minimum atomic E-state index is -0.821. The average molecular weight is 354 g/mol. The lowest BCUT2D eigenvalue weighted by molar-refractivity contribution is 0.231. The summed E-state index contributed by atoms with van der Waals surface area (Å²) < 4.78 is 0. The molecule has 25 heavy (non-hydrogen) atoms. The molecule has 4 amide bonds. The van der Waals surface area contributed by atoms with Crippen LogP contribution in [-0.4, -0.2) is 18.6 Å². The van der Waals surface area contributed by atoms with Gasteiger partial charge in [0.2, 0.25) is 0 Å². The Labute approximate surface area is 154 Å². The highest BCUT2D eigenvalue weighted by atomic mass is 16.2. The summed E-state index contributed by atoms with van der Waals surface area (Å²) in [6.45, 7) is 2.84. The number of imide groups is 1. The third kappa shape index (κ3) is 20.4. The van der Waals surface area contributed by atoms with E-state index in [1.807, 2.05) is 5.32 Å². The zero-order valence-electron chi connectivity index (χ0n) is 16.2. The molecule has 4 N–H and O–H groups in total. The van der Waals surface area contributed by atoms with E-state index >= 15 is 0 Å². The first-order chi connectivity index (χ1) is 12.2. The van der Waals surface area contributed by atoms with Crippen molar-refractivity contribution < 1.29 is 9.59 Å². The van der Waals surface area contributed by atoms with E-state index in [0.29, 0.717) is 6.54 Å². The largest absolute Gasteiger partial charge is 0.351 e. The number of carbonyl (C=O) groups excluding carboxylic acids is 2. The predicted octanol–water partition coefficient (Wildman–Crippen LogP) is 5.40. The molecule has 0 saturated carbocycles. The lowest BCUT2D eigenvalue weighted by Gasteiger charge is -2.04. The summed E-state index contributed by atoms with van der Waals surface area (Å²) in [5.41, 5.74) is 4.84. The number of carbonyl (C=O) groups is 2. The van der Waals surface area contributed by atoms with Gasteiger partial charge in [-0.2, -0.15) is 0 Å². The summed E-state index contributed by atoms with van der Waals surface area (Å²) in [5, 5.41) is 4.58. The SMILES string of the molecule is CCCCCCCC/C=C\CCCCCCCCNC(=O)NC(N)=O. The van der Waals surface area contributed by atoms with Crippen LogP contribution in [-0.2, 0) is 0 Å². The van der Waals surface area contributed by atoms with Crippen molar-refractivity contribution in [2.45, 2.75) is 96.8 Å². The van der Waals surface area contributed by atoms with Crippen LogP contribution in [0.4, 0.5) is 9.59 Å². The topological polar surface area (TPSA) is 84.2 Å². The maximum atomic E-state index is 11.1. The van der Waals surface area contributed by atoms with Crippen LogP contribution < -0.4 is 16.4 Å². The van der Waals surface area contributed by atoms with Crippen molar-refractivity contribution in [1.82, 2.24) is 10.6 Å². The van der Waals surface area contributed by atoms with E-state index in [9.17, 15) is 9.59 Å². The van der Waals surface area contributed by atoms with Gasteiger partial charge in [0, 0.05) is 6.54 Å². The smallest absolute Gasteiger partial charge is 0.322 e. The summed E-state index contributed by atoms with van der Waals surface area (Å²) in [5.74, 6) is 0. The Balaban J connectivity index is 3.17. The minimum absolute atomic E-state index is 0.514. The van der Waals surface area contributed by atoms with E-state index in [2.05, 4.69) is 24.4 Å². The average Bonchev–Trinajstić information content (AvgIpc) is 2.57. The zero-order valence-corrected chi connectivity index (χ0v) is 16.2. The highest BCUT2D eigenvalue weighted by Gasteiger charge is 2.01. The second-order valence-electron chi connectivity index (χ2n) is 6.68. The molecule has 0 aromatic heterocycles. The van der Waals surface area contributed by atoms with E-state index in [4.69, 9.17) is 5.73 Å². The molecule has 5 heteroatoms. The number of rotatable bonds is 16. The summed E-state index contributed by atoms with van der Waals surface area (Å²) in [6.07, 6.45) is 22.4. The first kappa shape index (κ1) is 23.5. The monoisotopic (exact) mass is 353 g/mol. The Morgan fingerprint density at radius 2 is 1.24 bits per heavy atom. The van der Waals surface area contributed by atoms with Crippen molar-refractivity contribution in [3.63, 3.8) is 0 Å². The van der Waals surface area contributed by atoms with Crippen molar-refractivity contribution in [3.05, 3.63) is 12.2 Å². The summed E-state index contributed by atoms with van der Waals surface area (Å²) in [4.78, 5) is 21.5. The lowest BCUT2D eigenvalue weighted by atomic mass is 10.1. The van der Waals surface area contributed by atoms with E-state index in [0.717, 1.165) is 12.8 Å². The van der Waals surface area contributed by atoms with E-state index in [1.165, 1.54) is 77.0 Å². The standard InChI is InChI=1S/C20H39N3O2/c1-2-3-4-5-6-7-8-9-10-11-12-13-14-15-16-17-18-22-20(25)23-19(21)24/h9-10H,2-8,11-18H2,1H3,(H4,21,22,23,24,25)/b10-9-. The van der Waals surface area contributed by atoms with E-state index in [1.54, 1.807) is 0 Å². The van der Waals surface area contributed by atoms with Crippen molar-refractivity contribution in [3.8, 4) is 0 Å². The van der Waals surface area contributed by atoms with Crippen LogP contribution in [0.25, 0.3) is 0 Å². The molecule has 0 spiro atoms. The van der Waals surface area contributed by atoms with Crippen LogP contribution in [0.5, 0.6) is 0 Å². The normalized spacial score (nSPS) is 10.9.